The minimum atomic E-state index is 0.926. The minimum Gasteiger partial charge on any atom is -0.455 e. The zero-order chi connectivity index (χ0) is 30.2. The molecule has 8 aromatic carbocycles. The zero-order valence-corrected chi connectivity index (χ0v) is 25.6. The molecule has 0 saturated heterocycles. The summed E-state index contributed by atoms with van der Waals surface area (Å²) >= 11 is 1.81. The first kappa shape index (κ1) is 25.6. The maximum atomic E-state index is 6.60. The van der Waals surface area contributed by atoms with Crippen molar-refractivity contribution in [2.75, 3.05) is 0 Å². The molecule has 1 nitrogen and oxygen atoms in total. The van der Waals surface area contributed by atoms with E-state index in [1.807, 2.05) is 11.3 Å². The van der Waals surface area contributed by atoms with Crippen LogP contribution < -0.4 is 0 Å². The van der Waals surface area contributed by atoms with Crippen LogP contribution in [0.2, 0.25) is 0 Å². The lowest BCUT2D eigenvalue weighted by atomic mass is 9.86. The second kappa shape index (κ2) is 9.90. The number of fused-ring (bicyclic) bond motifs is 9. The quantitative estimate of drug-likeness (QED) is 0.183. The highest BCUT2D eigenvalue weighted by Crippen LogP contribution is 2.45. The van der Waals surface area contributed by atoms with Crippen LogP contribution in [0.5, 0.6) is 0 Å². The molecule has 2 aromatic heterocycles. The van der Waals surface area contributed by atoms with Crippen molar-refractivity contribution in [2.24, 2.45) is 0 Å². The van der Waals surface area contributed by atoms with Crippen molar-refractivity contribution in [1.82, 2.24) is 0 Å². The number of rotatable bonds is 3. The van der Waals surface area contributed by atoms with Gasteiger partial charge in [-0.25, -0.2) is 0 Å². The van der Waals surface area contributed by atoms with E-state index in [0.29, 0.717) is 0 Å². The number of furan rings is 1. The van der Waals surface area contributed by atoms with Gasteiger partial charge in [-0.3, -0.25) is 0 Å². The molecule has 0 amide bonds. The molecule has 0 saturated carbocycles. The summed E-state index contributed by atoms with van der Waals surface area (Å²) in [6.45, 7) is 0. The molecular formula is C44H26OS. The Bertz CT molecular complexity index is 2730. The van der Waals surface area contributed by atoms with Crippen molar-refractivity contribution < 1.29 is 4.42 Å². The molecule has 0 fully saturated rings. The minimum absolute atomic E-state index is 0.926. The largest absolute Gasteiger partial charge is 0.455 e. The highest BCUT2D eigenvalue weighted by atomic mass is 32.1. The molecule has 0 aliphatic heterocycles. The SMILES string of the molecule is c1ccc(-c2c3ccccc3c(-c3ccc(-c4ccc5c(c4)oc4c5ccc5c6ccccc6sc54)cc3)c3ccccc23)cc1. The van der Waals surface area contributed by atoms with Gasteiger partial charge in [-0.2, -0.15) is 0 Å². The van der Waals surface area contributed by atoms with Gasteiger partial charge >= 0.3 is 0 Å². The van der Waals surface area contributed by atoms with Gasteiger partial charge in [-0.05, 0) is 79.2 Å². The van der Waals surface area contributed by atoms with E-state index >= 15 is 0 Å². The Hall–Kier alpha value is -5.70. The lowest BCUT2D eigenvalue weighted by Crippen LogP contribution is -1.90. The fourth-order valence-electron chi connectivity index (χ4n) is 7.38. The standard InChI is InChI=1S/C44H26OS/c1-2-10-28(11-3-1)41-33-13-4-6-15-35(33)42(36-16-7-5-14-34(36)41)29-20-18-27(19-21-29)30-22-23-31-37-24-25-38-32-12-8-9-17-40(32)46-44(38)43(37)45-39(31)26-30/h1-26H. The molecule has 2 heteroatoms. The van der Waals surface area contributed by atoms with E-state index in [0.717, 1.165) is 22.1 Å². The van der Waals surface area contributed by atoms with Crippen molar-refractivity contribution in [3.05, 3.63) is 158 Å². The number of benzene rings is 8. The molecule has 0 spiro atoms. The Morgan fingerprint density at radius 2 is 0.848 bits per heavy atom. The average Bonchev–Trinajstić information content (AvgIpc) is 3.69. The predicted molar refractivity (Wildman–Crippen MR) is 198 cm³/mol. The monoisotopic (exact) mass is 602 g/mol. The van der Waals surface area contributed by atoms with E-state index in [9.17, 15) is 0 Å². The Morgan fingerprint density at radius 3 is 1.52 bits per heavy atom. The summed E-state index contributed by atoms with van der Waals surface area (Å²) in [4.78, 5) is 0. The molecule has 10 aromatic rings. The zero-order valence-electron chi connectivity index (χ0n) is 24.8. The molecule has 2 heterocycles. The third-order valence-electron chi connectivity index (χ3n) is 9.49. The van der Waals surface area contributed by atoms with Crippen LogP contribution in [-0.2, 0) is 0 Å². The van der Waals surface area contributed by atoms with Crippen LogP contribution in [0, 0.1) is 0 Å². The van der Waals surface area contributed by atoms with E-state index in [4.69, 9.17) is 4.42 Å². The van der Waals surface area contributed by atoms with Crippen LogP contribution in [0.25, 0.3) is 97.0 Å². The van der Waals surface area contributed by atoms with E-state index < -0.39 is 0 Å². The fraction of sp³-hybridized carbons (Fsp3) is 0. The molecule has 10 rings (SSSR count). The summed E-state index contributed by atoms with van der Waals surface area (Å²) in [5, 5.41) is 9.97. The second-order valence-electron chi connectivity index (χ2n) is 12.0. The predicted octanol–water partition coefficient (Wildman–Crippen LogP) is 13.3. The van der Waals surface area contributed by atoms with Crippen molar-refractivity contribution in [2.45, 2.75) is 0 Å². The number of thiophene rings is 1. The molecule has 0 N–H and O–H groups in total. The van der Waals surface area contributed by atoms with Gasteiger partial charge in [0.2, 0.25) is 0 Å². The van der Waals surface area contributed by atoms with Crippen molar-refractivity contribution in [3.63, 3.8) is 0 Å². The van der Waals surface area contributed by atoms with E-state index in [2.05, 4.69) is 158 Å². The van der Waals surface area contributed by atoms with Gasteiger partial charge in [0, 0.05) is 26.2 Å². The summed E-state index contributed by atoms with van der Waals surface area (Å²) in [5.74, 6) is 0. The van der Waals surface area contributed by atoms with Gasteiger partial charge in [0.15, 0.2) is 5.58 Å². The lowest BCUT2D eigenvalue weighted by Gasteiger charge is -2.18. The van der Waals surface area contributed by atoms with Crippen LogP contribution in [-0.4, -0.2) is 0 Å². The van der Waals surface area contributed by atoms with Crippen LogP contribution in [0.4, 0.5) is 0 Å². The van der Waals surface area contributed by atoms with E-state index in [1.165, 1.54) is 74.9 Å². The first-order valence-electron chi connectivity index (χ1n) is 15.7. The van der Waals surface area contributed by atoms with Gasteiger partial charge in [0.25, 0.3) is 0 Å². The van der Waals surface area contributed by atoms with Crippen LogP contribution >= 0.6 is 11.3 Å². The van der Waals surface area contributed by atoms with Crippen molar-refractivity contribution in [3.8, 4) is 33.4 Å². The third-order valence-corrected chi connectivity index (χ3v) is 10.7. The Balaban J connectivity index is 1.11. The van der Waals surface area contributed by atoms with Crippen LogP contribution in [0.15, 0.2) is 162 Å². The Kier molecular flexibility index (Phi) is 5.51. The second-order valence-corrected chi connectivity index (χ2v) is 13.1. The summed E-state index contributed by atoms with van der Waals surface area (Å²) in [6.07, 6.45) is 0. The Morgan fingerprint density at radius 1 is 0.348 bits per heavy atom. The fourth-order valence-corrected chi connectivity index (χ4v) is 8.57. The number of hydrogen-bond donors (Lipinski definition) is 0. The normalized spacial score (nSPS) is 11.9. The molecule has 0 unspecified atom stereocenters. The summed E-state index contributed by atoms with van der Waals surface area (Å²) < 4.78 is 9.12. The summed E-state index contributed by atoms with van der Waals surface area (Å²) in [7, 11) is 0. The maximum absolute atomic E-state index is 6.60. The van der Waals surface area contributed by atoms with Crippen LogP contribution in [0.1, 0.15) is 0 Å². The van der Waals surface area contributed by atoms with Gasteiger partial charge in [0.1, 0.15) is 5.58 Å². The molecule has 0 aliphatic carbocycles. The van der Waals surface area contributed by atoms with Gasteiger partial charge in [-0.15, -0.1) is 11.3 Å². The summed E-state index contributed by atoms with van der Waals surface area (Å²) in [5.41, 5.74) is 9.26. The summed E-state index contributed by atoms with van der Waals surface area (Å²) in [6, 6.07) is 57.2. The van der Waals surface area contributed by atoms with Gasteiger partial charge < -0.3 is 4.42 Å². The molecule has 0 aliphatic rings. The Labute approximate surface area is 269 Å². The van der Waals surface area contributed by atoms with Crippen LogP contribution in [0.3, 0.4) is 0 Å². The van der Waals surface area contributed by atoms with Crippen molar-refractivity contribution in [1.29, 1.82) is 0 Å². The first-order valence-corrected chi connectivity index (χ1v) is 16.5. The van der Waals surface area contributed by atoms with E-state index in [1.54, 1.807) is 0 Å². The highest BCUT2D eigenvalue weighted by Gasteiger charge is 2.17. The van der Waals surface area contributed by atoms with Gasteiger partial charge in [-0.1, -0.05) is 133 Å². The topological polar surface area (TPSA) is 13.1 Å². The van der Waals surface area contributed by atoms with E-state index in [-0.39, 0.29) is 0 Å². The smallest absolute Gasteiger partial charge is 0.153 e. The van der Waals surface area contributed by atoms with Gasteiger partial charge in [0.05, 0.1) is 4.70 Å². The third kappa shape index (κ3) is 3.74. The molecule has 214 valence electrons. The molecule has 0 atom stereocenters. The molecule has 46 heavy (non-hydrogen) atoms. The molecular weight excluding hydrogens is 577 g/mol. The lowest BCUT2D eigenvalue weighted by molar-refractivity contribution is 0.673. The highest BCUT2D eigenvalue weighted by molar-refractivity contribution is 7.26. The average molecular weight is 603 g/mol. The first-order chi connectivity index (χ1) is 22.8. The molecule has 0 bridgehead atoms. The molecule has 0 radical (unpaired) electrons. The number of hydrogen-bond acceptors (Lipinski definition) is 2. The maximum Gasteiger partial charge on any atom is 0.153 e. The van der Waals surface area contributed by atoms with Crippen molar-refractivity contribution >= 4 is 75.0 Å².